The van der Waals surface area contributed by atoms with E-state index in [1.54, 1.807) is 51.1 Å². The molecule has 2 unspecified atom stereocenters. The monoisotopic (exact) mass is 636 g/mol. The van der Waals surface area contributed by atoms with Gasteiger partial charge in [0.05, 0.1) is 22.7 Å². The van der Waals surface area contributed by atoms with E-state index < -0.39 is 62.2 Å². The van der Waals surface area contributed by atoms with Gasteiger partial charge in [-0.05, 0) is 101 Å². The minimum atomic E-state index is -4.13. The molecule has 4 fully saturated rings. The molecule has 2 aromatic rings. The first-order valence-corrected chi connectivity index (χ1v) is 17.3. The van der Waals surface area contributed by atoms with Crippen LogP contribution in [0.5, 0.6) is 0 Å². The summed E-state index contributed by atoms with van der Waals surface area (Å²) in [5.41, 5.74) is -1.23. The highest BCUT2D eigenvalue weighted by Crippen LogP contribution is 2.68. The van der Waals surface area contributed by atoms with Crippen molar-refractivity contribution in [3.63, 3.8) is 0 Å². The molecule has 1 amide bonds. The molecule has 2 bridgehead atoms. The van der Waals surface area contributed by atoms with Crippen molar-refractivity contribution in [1.29, 1.82) is 0 Å². The fourth-order valence-electron chi connectivity index (χ4n) is 8.60. The van der Waals surface area contributed by atoms with Gasteiger partial charge in [-0.15, -0.1) is 0 Å². The molecule has 0 radical (unpaired) electrons. The van der Waals surface area contributed by atoms with Crippen LogP contribution in [0.2, 0.25) is 0 Å². The molecular formula is C35H44N2O7S. The van der Waals surface area contributed by atoms with Crippen molar-refractivity contribution in [2.24, 2.45) is 16.7 Å². The van der Waals surface area contributed by atoms with Gasteiger partial charge in [-0.25, -0.2) is 18.0 Å². The van der Waals surface area contributed by atoms with Gasteiger partial charge in [0.2, 0.25) is 5.54 Å². The summed E-state index contributed by atoms with van der Waals surface area (Å²) in [5, 5.41) is 0. The second-order valence-electron chi connectivity index (χ2n) is 15.2. The number of sulfonamides is 1. The first-order chi connectivity index (χ1) is 20.9. The number of ketones is 1. The number of Topliss-reactive ketones (excluding diaryl/α,β-unsaturated/α-hetero) is 1. The molecule has 4 aliphatic rings. The molecule has 0 N–H and O–H groups in total. The number of nitrogens with zero attached hydrogens (tertiary/aromatic N) is 2. The zero-order valence-corrected chi connectivity index (χ0v) is 28.2. The maximum absolute atomic E-state index is 14.7. The number of hydrogen-bond donors (Lipinski definition) is 0. The van der Waals surface area contributed by atoms with Crippen LogP contribution in [0.15, 0.2) is 53.4 Å². The van der Waals surface area contributed by atoms with Crippen molar-refractivity contribution in [2.45, 2.75) is 115 Å². The average Bonchev–Trinajstić information content (AvgIpc) is 3.36. The van der Waals surface area contributed by atoms with Crippen molar-refractivity contribution >= 4 is 33.6 Å². The highest BCUT2D eigenvalue weighted by molar-refractivity contribution is 7.92. The summed E-state index contributed by atoms with van der Waals surface area (Å²) in [6, 6.07) is 12.6. The molecule has 3 saturated carbocycles. The molecule has 6 atom stereocenters. The van der Waals surface area contributed by atoms with Gasteiger partial charge in [-0.1, -0.05) is 45.0 Å². The number of benzene rings is 2. The number of rotatable bonds is 6. The van der Waals surface area contributed by atoms with E-state index in [0.717, 1.165) is 24.0 Å². The van der Waals surface area contributed by atoms with E-state index in [9.17, 15) is 22.8 Å². The van der Waals surface area contributed by atoms with Crippen molar-refractivity contribution in [3.8, 4) is 0 Å². The maximum atomic E-state index is 14.7. The Hall–Kier alpha value is -3.40. The Morgan fingerprint density at radius 2 is 1.60 bits per heavy atom. The van der Waals surface area contributed by atoms with E-state index in [2.05, 4.69) is 20.8 Å². The van der Waals surface area contributed by atoms with Gasteiger partial charge in [0.1, 0.15) is 11.7 Å². The quantitative estimate of drug-likeness (QED) is 0.219. The first-order valence-electron chi connectivity index (χ1n) is 15.8. The lowest BCUT2D eigenvalue weighted by Gasteiger charge is -2.43. The average molecular weight is 637 g/mol. The number of aryl methyl sites for hydroxylation is 2. The topological polar surface area (TPSA) is 110 Å². The third-order valence-electron chi connectivity index (χ3n) is 11.1. The molecule has 1 aliphatic heterocycles. The van der Waals surface area contributed by atoms with Crippen LogP contribution in [0.1, 0.15) is 78.4 Å². The molecule has 45 heavy (non-hydrogen) atoms. The predicted molar refractivity (Wildman–Crippen MR) is 169 cm³/mol. The summed E-state index contributed by atoms with van der Waals surface area (Å²) in [4.78, 5) is 42.3. The Balaban J connectivity index is 1.46. The molecule has 2 aromatic carbocycles. The van der Waals surface area contributed by atoms with Crippen LogP contribution in [0.4, 0.5) is 10.5 Å². The molecule has 6 rings (SSSR count). The fraction of sp³-hybridized carbons (Fsp3) is 0.571. The third kappa shape index (κ3) is 4.53. The van der Waals surface area contributed by atoms with Gasteiger partial charge in [0, 0.05) is 11.8 Å². The van der Waals surface area contributed by atoms with Crippen LogP contribution in [-0.2, 0) is 29.1 Å². The van der Waals surface area contributed by atoms with Gasteiger partial charge < -0.3 is 9.47 Å². The Bertz CT molecular complexity index is 1660. The number of ether oxygens (including phenoxy) is 2. The zero-order valence-electron chi connectivity index (χ0n) is 27.4. The van der Waals surface area contributed by atoms with Crippen molar-refractivity contribution in [3.05, 3.63) is 59.7 Å². The minimum Gasteiger partial charge on any atom is -0.457 e. The number of hydrogen-bond acceptors (Lipinski definition) is 7. The highest BCUT2D eigenvalue weighted by Gasteiger charge is 2.80. The van der Waals surface area contributed by atoms with Gasteiger partial charge >= 0.3 is 12.1 Å². The number of carbonyl (C=O) groups excluding carboxylic acids is 3. The number of amides is 1. The second-order valence-corrected chi connectivity index (χ2v) is 17.0. The summed E-state index contributed by atoms with van der Waals surface area (Å²) >= 11 is 0. The van der Waals surface area contributed by atoms with E-state index in [-0.39, 0.29) is 23.0 Å². The van der Waals surface area contributed by atoms with Gasteiger partial charge in [-0.3, -0.25) is 14.0 Å². The normalized spacial score (nSPS) is 31.5. The molecule has 9 nitrogen and oxygen atoms in total. The van der Waals surface area contributed by atoms with Crippen molar-refractivity contribution in [2.75, 3.05) is 4.31 Å². The van der Waals surface area contributed by atoms with Gasteiger partial charge in [0.15, 0.2) is 5.78 Å². The van der Waals surface area contributed by atoms with E-state index in [1.807, 2.05) is 32.0 Å². The number of carbonyl (C=O) groups is 3. The Kier molecular flexibility index (Phi) is 7.05. The largest absolute Gasteiger partial charge is 0.457 e. The second kappa shape index (κ2) is 10.0. The number of likely N-dealkylation sites (tertiary alicyclic amines) is 1. The number of fused-ring (bicyclic) bond motifs is 3. The van der Waals surface area contributed by atoms with Crippen LogP contribution >= 0.6 is 0 Å². The van der Waals surface area contributed by atoms with Crippen LogP contribution in [0.3, 0.4) is 0 Å². The van der Waals surface area contributed by atoms with Crippen LogP contribution in [-0.4, -0.2) is 60.5 Å². The molecule has 242 valence electrons. The molecule has 10 heteroatoms. The number of piperidine rings is 1. The summed E-state index contributed by atoms with van der Waals surface area (Å²) in [6.45, 7) is 15.3. The number of esters is 1. The van der Waals surface area contributed by atoms with Crippen LogP contribution < -0.4 is 4.31 Å². The van der Waals surface area contributed by atoms with E-state index in [0.29, 0.717) is 12.1 Å². The molecule has 1 saturated heterocycles. The molecule has 3 aliphatic carbocycles. The molecule has 0 spiro atoms. The van der Waals surface area contributed by atoms with Crippen LogP contribution in [0.25, 0.3) is 0 Å². The third-order valence-corrected chi connectivity index (χ3v) is 12.9. The molecule has 1 heterocycles. The Labute approximate surface area is 266 Å². The van der Waals surface area contributed by atoms with Crippen molar-refractivity contribution < 1.29 is 32.3 Å². The lowest BCUT2D eigenvalue weighted by Crippen LogP contribution is -2.55. The number of anilines is 1. The van der Waals surface area contributed by atoms with Crippen LogP contribution in [0, 0.1) is 30.6 Å². The van der Waals surface area contributed by atoms with Gasteiger partial charge in [-0.2, -0.15) is 0 Å². The predicted octanol–water partition coefficient (Wildman–Crippen LogP) is 5.96. The van der Waals surface area contributed by atoms with E-state index in [1.165, 1.54) is 9.21 Å². The lowest BCUT2D eigenvalue weighted by molar-refractivity contribution is -0.163. The molecule has 0 aromatic heterocycles. The zero-order chi connectivity index (χ0) is 32.9. The first kappa shape index (κ1) is 31.6. The lowest BCUT2D eigenvalue weighted by atomic mass is 9.70. The highest BCUT2D eigenvalue weighted by atomic mass is 32.2. The fourth-order valence-corrected chi connectivity index (χ4v) is 10.3. The van der Waals surface area contributed by atoms with E-state index >= 15 is 0 Å². The minimum absolute atomic E-state index is 0.142. The smallest absolute Gasteiger partial charge is 0.412 e. The Morgan fingerprint density at radius 1 is 0.978 bits per heavy atom. The Morgan fingerprint density at radius 3 is 2.20 bits per heavy atom. The van der Waals surface area contributed by atoms with Gasteiger partial charge in [0.25, 0.3) is 10.0 Å². The summed E-state index contributed by atoms with van der Waals surface area (Å²) in [5.74, 6) is -1.30. The standard InChI is InChI=1S/C35H44N2O7S/c1-21-18-22(2)20-23(19-21)37(45(41,42)24-12-10-9-11-13-24)28-25-16-17-34(8,33(25,6)7)29(28)43-30(39)35-26(14-15-27(35)38)36(35)31(40)44-32(3,4)5/h9-13,18-20,25-26,28-29H,14-17H2,1-8H3/t25-,26?,28-,29-,34+,35?,36?/m1/s1. The summed E-state index contributed by atoms with van der Waals surface area (Å²) < 4.78 is 42.9. The van der Waals surface area contributed by atoms with Crippen molar-refractivity contribution in [1.82, 2.24) is 4.90 Å². The summed E-state index contributed by atoms with van der Waals surface area (Å²) in [6.07, 6.45) is 0.398. The maximum Gasteiger partial charge on any atom is 0.412 e. The summed E-state index contributed by atoms with van der Waals surface area (Å²) in [7, 11) is -4.13. The molecular weight excluding hydrogens is 592 g/mol. The SMILES string of the molecule is Cc1cc(C)cc(N([C@@H]2[C@H]3CC[C@@](C)([C@@H]2OC(=O)C24C(=O)CCC2N4C(=O)OC(C)(C)C)C3(C)C)S(=O)(=O)c2ccccc2)c1. The van der Waals surface area contributed by atoms with E-state index in [4.69, 9.17) is 9.47 Å².